The quantitative estimate of drug-likeness (QED) is 0.648. The van der Waals surface area contributed by atoms with Gasteiger partial charge in [0.1, 0.15) is 5.60 Å². The lowest BCUT2D eigenvalue weighted by Gasteiger charge is -2.45. The van der Waals surface area contributed by atoms with E-state index in [1.807, 2.05) is 20.8 Å². The zero-order valence-electron chi connectivity index (χ0n) is 10.6. The average molecular weight is 237 g/mol. The first-order valence-electron chi connectivity index (χ1n) is 6.44. The van der Waals surface area contributed by atoms with Crippen molar-refractivity contribution in [2.24, 2.45) is 17.8 Å². The van der Waals surface area contributed by atoms with Gasteiger partial charge in [-0.05, 0) is 51.9 Å². The average Bonchev–Trinajstić information content (AvgIpc) is 2.27. The molecule has 0 aromatic rings. The van der Waals surface area contributed by atoms with Gasteiger partial charge in [0.15, 0.2) is 0 Å². The maximum absolute atomic E-state index is 12.2. The molecule has 2 saturated carbocycles. The summed E-state index contributed by atoms with van der Waals surface area (Å²) in [4.78, 5) is 25.7. The molecule has 3 rings (SSSR count). The fourth-order valence-electron chi connectivity index (χ4n) is 3.66. The molecule has 1 heterocycles. The summed E-state index contributed by atoms with van der Waals surface area (Å²) >= 11 is 0. The van der Waals surface area contributed by atoms with Crippen LogP contribution >= 0.6 is 0 Å². The number of carbonyl (C=O) groups is 2. The molecule has 4 atom stereocenters. The molecule has 0 radical (unpaired) electrons. The molecular weight excluding hydrogens is 218 g/mol. The molecule has 0 aromatic carbocycles. The fraction of sp³-hybridized carbons (Fsp3) is 0.846. The van der Waals surface area contributed by atoms with Crippen LogP contribution in [0, 0.1) is 17.8 Å². The fourth-order valence-corrected chi connectivity index (χ4v) is 3.66. The summed E-state index contributed by atoms with van der Waals surface area (Å²) in [6.45, 7) is 5.49. The van der Waals surface area contributed by atoms with Crippen LogP contribution in [0.3, 0.4) is 0 Å². The SMILES string of the molecule is CC(C)(C)OC(=O)N1C(=O)C2C3CCC1C2C3. The van der Waals surface area contributed by atoms with Crippen LogP contribution < -0.4 is 0 Å². The minimum atomic E-state index is -0.531. The highest BCUT2D eigenvalue weighted by Crippen LogP contribution is 2.57. The summed E-state index contributed by atoms with van der Waals surface area (Å²) in [5, 5.41) is 0. The Kier molecular flexibility index (Phi) is 2.11. The van der Waals surface area contributed by atoms with E-state index in [9.17, 15) is 9.59 Å². The maximum atomic E-state index is 12.2. The number of nitrogens with zero attached hydrogens (tertiary/aromatic N) is 1. The lowest BCUT2D eigenvalue weighted by Crippen LogP contribution is -2.46. The van der Waals surface area contributed by atoms with Gasteiger partial charge in [-0.1, -0.05) is 0 Å². The van der Waals surface area contributed by atoms with Gasteiger partial charge in [0, 0.05) is 12.0 Å². The Labute approximate surface area is 101 Å². The number of imide groups is 1. The molecule has 3 aliphatic rings. The molecule has 4 nitrogen and oxygen atoms in total. The zero-order chi connectivity index (χ0) is 12.4. The standard InChI is InChI=1S/C13H19NO3/c1-13(2,3)17-12(16)14-9-5-4-7-6-8(9)10(7)11(14)15/h7-10H,4-6H2,1-3H3. The Morgan fingerprint density at radius 2 is 2.06 bits per heavy atom. The smallest absolute Gasteiger partial charge is 0.417 e. The monoisotopic (exact) mass is 237 g/mol. The van der Waals surface area contributed by atoms with Gasteiger partial charge < -0.3 is 4.74 Å². The highest BCUT2D eigenvalue weighted by atomic mass is 16.6. The third-order valence-electron chi connectivity index (χ3n) is 4.32. The molecule has 0 N–H and O–H groups in total. The first-order valence-corrected chi connectivity index (χ1v) is 6.44. The van der Waals surface area contributed by atoms with E-state index in [1.165, 1.54) is 4.90 Å². The predicted octanol–water partition coefficient (Wildman–Crippen LogP) is 2.18. The third kappa shape index (κ3) is 1.49. The van der Waals surface area contributed by atoms with E-state index in [-0.39, 0.29) is 17.9 Å². The van der Waals surface area contributed by atoms with Crippen molar-refractivity contribution < 1.29 is 14.3 Å². The van der Waals surface area contributed by atoms with E-state index in [1.54, 1.807) is 0 Å². The number of hydrogen-bond donors (Lipinski definition) is 0. The molecule has 1 saturated heterocycles. The molecule has 3 fully saturated rings. The number of ether oxygens (including phenoxy) is 1. The van der Waals surface area contributed by atoms with Crippen LogP contribution in [0.4, 0.5) is 4.79 Å². The van der Waals surface area contributed by atoms with Crippen molar-refractivity contribution in [3.63, 3.8) is 0 Å². The zero-order valence-corrected chi connectivity index (χ0v) is 10.6. The predicted molar refractivity (Wildman–Crippen MR) is 61.2 cm³/mol. The molecule has 94 valence electrons. The van der Waals surface area contributed by atoms with Crippen molar-refractivity contribution in [1.82, 2.24) is 4.90 Å². The van der Waals surface area contributed by atoms with Crippen molar-refractivity contribution in [3.8, 4) is 0 Å². The molecule has 0 spiro atoms. The third-order valence-corrected chi connectivity index (χ3v) is 4.32. The van der Waals surface area contributed by atoms with Gasteiger partial charge in [-0.25, -0.2) is 9.69 Å². The Hall–Kier alpha value is -1.06. The minimum Gasteiger partial charge on any atom is -0.443 e. The summed E-state index contributed by atoms with van der Waals surface area (Å²) in [5.74, 6) is 1.11. The van der Waals surface area contributed by atoms with E-state index in [4.69, 9.17) is 4.74 Å². The van der Waals surface area contributed by atoms with Crippen molar-refractivity contribution in [3.05, 3.63) is 0 Å². The molecule has 1 aliphatic heterocycles. The number of carbonyl (C=O) groups excluding carboxylic acids is 2. The van der Waals surface area contributed by atoms with E-state index < -0.39 is 11.7 Å². The highest BCUT2D eigenvalue weighted by molar-refractivity contribution is 5.97. The van der Waals surface area contributed by atoms with Crippen LogP contribution in [-0.2, 0) is 9.53 Å². The highest BCUT2D eigenvalue weighted by Gasteiger charge is 2.63. The summed E-state index contributed by atoms with van der Waals surface area (Å²) < 4.78 is 5.33. The Bertz CT molecular complexity index is 383. The van der Waals surface area contributed by atoms with Crippen LogP contribution in [-0.4, -0.2) is 28.5 Å². The first-order chi connectivity index (χ1) is 7.88. The molecule has 2 amide bonds. The van der Waals surface area contributed by atoms with Crippen LogP contribution in [0.5, 0.6) is 0 Å². The van der Waals surface area contributed by atoms with E-state index in [2.05, 4.69) is 0 Å². The summed E-state index contributed by atoms with van der Waals surface area (Å²) in [5.41, 5.74) is -0.531. The Morgan fingerprint density at radius 1 is 1.35 bits per heavy atom. The van der Waals surface area contributed by atoms with Gasteiger partial charge in [0.05, 0.1) is 0 Å². The van der Waals surface area contributed by atoms with Gasteiger partial charge in [-0.15, -0.1) is 0 Å². The number of rotatable bonds is 0. The first kappa shape index (κ1) is 11.1. The second-order valence-corrected chi connectivity index (χ2v) is 6.52. The molecule has 4 bridgehead atoms. The minimum absolute atomic E-state index is 0.0167. The van der Waals surface area contributed by atoms with Crippen LogP contribution in [0.2, 0.25) is 0 Å². The van der Waals surface area contributed by atoms with Gasteiger partial charge in [0.2, 0.25) is 5.91 Å². The lowest BCUT2D eigenvalue weighted by atomic mass is 9.57. The van der Waals surface area contributed by atoms with Gasteiger partial charge >= 0.3 is 6.09 Å². The Balaban J connectivity index is 1.80. The van der Waals surface area contributed by atoms with Crippen LogP contribution in [0.1, 0.15) is 40.0 Å². The van der Waals surface area contributed by atoms with Crippen LogP contribution in [0.25, 0.3) is 0 Å². The van der Waals surface area contributed by atoms with E-state index in [0.717, 1.165) is 19.3 Å². The molecular formula is C13H19NO3. The van der Waals surface area contributed by atoms with E-state index in [0.29, 0.717) is 11.8 Å². The number of likely N-dealkylation sites (tertiary alicyclic amines) is 1. The maximum Gasteiger partial charge on any atom is 0.417 e. The topological polar surface area (TPSA) is 46.6 Å². The van der Waals surface area contributed by atoms with Gasteiger partial charge in [-0.2, -0.15) is 0 Å². The van der Waals surface area contributed by atoms with Crippen LogP contribution in [0.15, 0.2) is 0 Å². The summed E-state index contributed by atoms with van der Waals surface area (Å²) in [6.07, 6.45) is 2.75. The molecule has 4 heteroatoms. The van der Waals surface area contributed by atoms with Crippen molar-refractivity contribution >= 4 is 12.0 Å². The molecule has 17 heavy (non-hydrogen) atoms. The number of amides is 2. The van der Waals surface area contributed by atoms with Gasteiger partial charge in [0.25, 0.3) is 0 Å². The molecule has 0 aromatic heterocycles. The van der Waals surface area contributed by atoms with Crippen molar-refractivity contribution in [1.29, 1.82) is 0 Å². The summed E-state index contributed by atoms with van der Waals surface area (Å²) in [7, 11) is 0. The Morgan fingerprint density at radius 3 is 2.59 bits per heavy atom. The molecule has 2 aliphatic carbocycles. The van der Waals surface area contributed by atoms with Crippen molar-refractivity contribution in [2.45, 2.75) is 51.7 Å². The lowest BCUT2D eigenvalue weighted by molar-refractivity contribution is -0.133. The normalized spacial score (nSPS) is 39.0. The van der Waals surface area contributed by atoms with Crippen molar-refractivity contribution in [2.75, 3.05) is 0 Å². The summed E-state index contributed by atoms with van der Waals surface area (Å²) in [6, 6.07) is 0.118. The number of hydrogen-bond acceptors (Lipinski definition) is 3. The second-order valence-electron chi connectivity index (χ2n) is 6.52. The van der Waals surface area contributed by atoms with E-state index >= 15 is 0 Å². The molecule has 4 unspecified atom stereocenters. The second kappa shape index (κ2) is 3.24. The largest absolute Gasteiger partial charge is 0.443 e. The van der Waals surface area contributed by atoms with Gasteiger partial charge in [-0.3, -0.25) is 4.79 Å².